The highest BCUT2D eigenvalue weighted by molar-refractivity contribution is 5.88. The van der Waals surface area contributed by atoms with Crippen molar-refractivity contribution in [3.05, 3.63) is 81.5 Å². The minimum absolute atomic E-state index is 0.127. The van der Waals surface area contributed by atoms with Crippen molar-refractivity contribution in [2.75, 3.05) is 0 Å². The third kappa shape index (κ3) is 3.24. The third-order valence-electron chi connectivity index (χ3n) is 5.80. The van der Waals surface area contributed by atoms with Crippen molar-refractivity contribution in [2.45, 2.75) is 39.5 Å². The first-order valence-corrected chi connectivity index (χ1v) is 10.0. The smallest absolute Gasteiger partial charge is 0.258 e. The number of aromatic nitrogens is 4. The summed E-state index contributed by atoms with van der Waals surface area (Å²) in [5.41, 5.74) is 2.49. The van der Waals surface area contributed by atoms with Crippen LogP contribution < -0.4 is 10.3 Å². The minimum atomic E-state index is -0.306. The van der Waals surface area contributed by atoms with E-state index in [9.17, 15) is 14.3 Å². The Morgan fingerprint density at radius 1 is 1.23 bits per heavy atom. The van der Waals surface area contributed by atoms with E-state index in [0.29, 0.717) is 36.3 Å². The van der Waals surface area contributed by atoms with E-state index >= 15 is 0 Å². The number of rotatable bonds is 4. The van der Waals surface area contributed by atoms with Gasteiger partial charge < -0.3 is 14.4 Å². The second-order valence-corrected chi connectivity index (χ2v) is 7.87. The molecule has 1 unspecified atom stereocenters. The summed E-state index contributed by atoms with van der Waals surface area (Å²) in [7, 11) is 0. The Kier molecular flexibility index (Phi) is 4.50. The van der Waals surface area contributed by atoms with Gasteiger partial charge in [0.25, 0.3) is 5.56 Å². The van der Waals surface area contributed by atoms with Gasteiger partial charge in [0, 0.05) is 30.6 Å². The number of nitrogens with zero attached hydrogens (tertiary/aromatic N) is 4. The van der Waals surface area contributed by atoms with Gasteiger partial charge in [-0.1, -0.05) is 12.1 Å². The van der Waals surface area contributed by atoms with Crippen molar-refractivity contribution in [1.82, 2.24) is 19.1 Å². The van der Waals surface area contributed by atoms with Crippen LogP contribution in [0.5, 0.6) is 11.5 Å². The molecule has 0 amide bonds. The standard InChI is InChI=1S/C23H21FN4O3/c1-13-21(29)19-20-22(16(10-26-19)9-15-3-5-17(24)6-4-15)31-18(12-28(20)23(13)30)11-27-8-7-25-14(27)2/h3-8,10,18,29H,9,11-12H2,1-2H3. The molecule has 1 N–H and O–H groups in total. The zero-order valence-corrected chi connectivity index (χ0v) is 17.2. The molecule has 1 aliphatic heterocycles. The molecule has 1 aliphatic rings. The molecule has 31 heavy (non-hydrogen) atoms. The molecule has 0 fully saturated rings. The fourth-order valence-electron chi connectivity index (χ4n) is 4.10. The van der Waals surface area contributed by atoms with Crippen molar-refractivity contribution in [3.63, 3.8) is 0 Å². The number of halogens is 1. The van der Waals surface area contributed by atoms with Gasteiger partial charge in [0.1, 0.15) is 28.8 Å². The quantitative estimate of drug-likeness (QED) is 0.549. The Bertz CT molecular complexity index is 1360. The van der Waals surface area contributed by atoms with E-state index in [1.54, 1.807) is 36.0 Å². The summed E-state index contributed by atoms with van der Waals surface area (Å²) in [5, 5.41) is 10.5. The fourth-order valence-corrected chi connectivity index (χ4v) is 4.10. The number of aryl methyl sites for hydroxylation is 1. The fraction of sp³-hybridized carbons (Fsp3) is 0.261. The molecule has 4 heterocycles. The van der Waals surface area contributed by atoms with Crippen molar-refractivity contribution >= 4 is 11.0 Å². The van der Waals surface area contributed by atoms with E-state index in [4.69, 9.17) is 4.74 Å². The largest absolute Gasteiger partial charge is 0.505 e. The number of pyridine rings is 2. The van der Waals surface area contributed by atoms with Crippen LogP contribution in [0.2, 0.25) is 0 Å². The van der Waals surface area contributed by atoms with Crippen LogP contribution in [0.25, 0.3) is 11.0 Å². The minimum Gasteiger partial charge on any atom is -0.505 e. The van der Waals surface area contributed by atoms with Crippen LogP contribution in [-0.4, -0.2) is 30.3 Å². The maximum absolute atomic E-state index is 13.3. The lowest BCUT2D eigenvalue weighted by Gasteiger charge is -2.30. The van der Waals surface area contributed by atoms with Crippen LogP contribution in [0.3, 0.4) is 0 Å². The predicted molar refractivity (Wildman–Crippen MR) is 113 cm³/mol. The van der Waals surface area contributed by atoms with Gasteiger partial charge >= 0.3 is 0 Å². The highest BCUT2D eigenvalue weighted by Crippen LogP contribution is 2.37. The number of ether oxygens (including phenoxy) is 1. The molecule has 1 atom stereocenters. The van der Waals surface area contributed by atoms with E-state index in [0.717, 1.165) is 17.0 Å². The van der Waals surface area contributed by atoms with E-state index in [-0.39, 0.29) is 28.8 Å². The Hall–Kier alpha value is -3.68. The van der Waals surface area contributed by atoms with Gasteiger partial charge in [0.15, 0.2) is 11.5 Å². The molecule has 5 rings (SSSR count). The van der Waals surface area contributed by atoms with Gasteiger partial charge in [-0.05, 0) is 31.5 Å². The topological polar surface area (TPSA) is 82.2 Å². The van der Waals surface area contributed by atoms with E-state index in [1.165, 1.54) is 12.1 Å². The van der Waals surface area contributed by atoms with Crippen LogP contribution in [0.1, 0.15) is 22.5 Å². The molecule has 0 aliphatic carbocycles. The van der Waals surface area contributed by atoms with Gasteiger partial charge in [-0.15, -0.1) is 0 Å². The van der Waals surface area contributed by atoms with Crippen LogP contribution in [-0.2, 0) is 19.5 Å². The molecule has 7 nitrogen and oxygen atoms in total. The Morgan fingerprint density at radius 3 is 2.71 bits per heavy atom. The molecule has 3 aromatic heterocycles. The van der Waals surface area contributed by atoms with E-state index in [1.807, 2.05) is 17.7 Å². The normalized spacial score (nSPS) is 15.3. The lowest BCUT2D eigenvalue weighted by atomic mass is 10.0. The summed E-state index contributed by atoms with van der Waals surface area (Å²) >= 11 is 0. The monoisotopic (exact) mass is 420 g/mol. The molecule has 158 valence electrons. The van der Waals surface area contributed by atoms with Crippen LogP contribution in [0.4, 0.5) is 4.39 Å². The molecule has 0 saturated heterocycles. The second kappa shape index (κ2) is 7.23. The van der Waals surface area contributed by atoms with Gasteiger partial charge in [-0.25, -0.2) is 9.37 Å². The van der Waals surface area contributed by atoms with Gasteiger partial charge in [-0.2, -0.15) is 0 Å². The summed E-state index contributed by atoms with van der Waals surface area (Å²) in [6, 6.07) is 6.24. The molecular weight excluding hydrogens is 399 g/mol. The number of hydrogen-bond donors (Lipinski definition) is 1. The van der Waals surface area contributed by atoms with Crippen LogP contribution >= 0.6 is 0 Å². The van der Waals surface area contributed by atoms with Gasteiger partial charge in [0.2, 0.25) is 0 Å². The van der Waals surface area contributed by atoms with Crippen molar-refractivity contribution in [3.8, 4) is 11.5 Å². The first kappa shape index (κ1) is 19.3. The van der Waals surface area contributed by atoms with Crippen molar-refractivity contribution in [1.29, 1.82) is 0 Å². The van der Waals surface area contributed by atoms with Crippen LogP contribution in [0.15, 0.2) is 47.7 Å². The molecule has 0 radical (unpaired) electrons. The second-order valence-electron chi connectivity index (χ2n) is 7.87. The first-order valence-electron chi connectivity index (χ1n) is 10.0. The lowest BCUT2D eigenvalue weighted by Crippen LogP contribution is -2.38. The Labute approximate surface area is 177 Å². The molecule has 8 heteroatoms. The average molecular weight is 420 g/mol. The zero-order chi connectivity index (χ0) is 21.7. The summed E-state index contributed by atoms with van der Waals surface area (Å²) in [6.07, 6.45) is 5.41. The summed E-state index contributed by atoms with van der Waals surface area (Å²) < 4.78 is 23.3. The predicted octanol–water partition coefficient (Wildman–Crippen LogP) is 3.11. The summed E-state index contributed by atoms with van der Waals surface area (Å²) in [5.74, 6) is 0.951. The van der Waals surface area contributed by atoms with Crippen LogP contribution in [0, 0.1) is 19.7 Å². The average Bonchev–Trinajstić information content (AvgIpc) is 3.17. The maximum atomic E-state index is 13.3. The van der Waals surface area contributed by atoms with Gasteiger partial charge in [-0.3, -0.25) is 14.3 Å². The van der Waals surface area contributed by atoms with E-state index in [2.05, 4.69) is 9.97 Å². The summed E-state index contributed by atoms with van der Waals surface area (Å²) in [4.78, 5) is 21.7. The zero-order valence-electron chi connectivity index (χ0n) is 17.2. The van der Waals surface area contributed by atoms with Crippen molar-refractivity contribution in [2.24, 2.45) is 0 Å². The molecular formula is C23H21FN4O3. The molecule has 0 spiro atoms. The molecule has 0 saturated carbocycles. The molecule has 1 aromatic carbocycles. The highest BCUT2D eigenvalue weighted by Gasteiger charge is 2.29. The van der Waals surface area contributed by atoms with E-state index < -0.39 is 0 Å². The Balaban J connectivity index is 1.64. The Morgan fingerprint density at radius 2 is 2.00 bits per heavy atom. The van der Waals surface area contributed by atoms with Crippen molar-refractivity contribution < 1.29 is 14.2 Å². The number of imidazole rings is 1. The first-order chi connectivity index (χ1) is 14.9. The maximum Gasteiger partial charge on any atom is 0.258 e. The lowest BCUT2D eigenvalue weighted by molar-refractivity contribution is 0.147. The highest BCUT2D eigenvalue weighted by atomic mass is 19.1. The molecule has 0 bridgehead atoms. The number of hydrogen-bond acceptors (Lipinski definition) is 5. The SMILES string of the molecule is Cc1c(O)c2ncc(Cc3ccc(F)cc3)c3c2n(c1=O)CC(Cn1ccnc1C)O3. The third-order valence-corrected chi connectivity index (χ3v) is 5.80. The van der Waals surface area contributed by atoms with Gasteiger partial charge in [0.05, 0.1) is 18.7 Å². The number of aromatic hydroxyl groups is 1. The number of benzene rings is 1. The summed E-state index contributed by atoms with van der Waals surface area (Å²) in [6.45, 7) is 4.37. The molecule has 4 aromatic rings.